The summed E-state index contributed by atoms with van der Waals surface area (Å²) >= 11 is 1.30. The summed E-state index contributed by atoms with van der Waals surface area (Å²) in [4.78, 5) is 288. The van der Waals surface area contributed by atoms with Gasteiger partial charge in [0.2, 0.25) is 106 Å². The van der Waals surface area contributed by atoms with Crippen molar-refractivity contribution in [2.24, 2.45) is 40.3 Å². The molecule has 0 saturated carbocycles. The summed E-state index contributed by atoms with van der Waals surface area (Å²) in [5, 5.41) is 94.8. The Bertz CT molecular complexity index is 3640. The number of hydrogen-bond acceptors (Lipinski definition) is 29. The monoisotopic (exact) mass is 1790 g/mol. The molecule has 51 heteroatoms. The van der Waals surface area contributed by atoms with Gasteiger partial charge in [-0.15, -0.1) is 0 Å². The lowest BCUT2D eigenvalue weighted by Crippen LogP contribution is -2.60. The number of unbranched alkanes of at least 4 members (excludes halogenated alkanes) is 3. The first-order chi connectivity index (χ1) is 58.2. The van der Waals surface area contributed by atoms with Gasteiger partial charge in [-0.2, -0.15) is 11.8 Å². The Hall–Kier alpha value is -11.5. The van der Waals surface area contributed by atoms with Crippen molar-refractivity contribution in [1.82, 2.24) is 85.1 Å². The van der Waals surface area contributed by atoms with Crippen LogP contribution in [0.15, 0.2) is 0 Å². The van der Waals surface area contributed by atoms with E-state index in [0.29, 0.717) is 25.0 Å². The number of carboxylic acids is 4. The number of aliphatic hydroxyl groups excluding tert-OH is 2. The second kappa shape index (κ2) is 60.9. The van der Waals surface area contributed by atoms with E-state index in [9.17, 15) is 131 Å². The number of primary amides is 2. The maximum absolute atomic E-state index is 14.1. The molecule has 0 spiro atoms. The van der Waals surface area contributed by atoms with Crippen molar-refractivity contribution in [1.29, 1.82) is 0 Å². The number of amides is 18. The molecular formula is C73H126N22O28S. The molecule has 0 saturated heterocycles. The van der Waals surface area contributed by atoms with Gasteiger partial charge in [-0.25, -0.2) is 4.79 Å². The fourth-order valence-corrected chi connectivity index (χ4v) is 11.7. The fourth-order valence-electron chi connectivity index (χ4n) is 11.2. The van der Waals surface area contributed by atoms with Crippen LogP contribution in [0.3, 0.4) is 0 Å². The molecule has 0 rings (SSSR count). The first-order valence-corrected chi connectivity index (χ1v) is 41.4. The van der Waals surface area contributed by atoms with E-state index in [4.69, 9.17) is 39.5 Å². The molecular weight excluding hydrogens is 1660 g/mol. The van der Waals surface area contributed by atoms with Crippen molar-refractivity contribution < 1.29 is 136 Å². The van der Waals surface area contributed by atoms with Crippen LogP contribution in [0.1, 0.15) is 170 Å². The van der Waals surface area contributed by atoms with Crippen LogP contribution >= 0.6 is 11.8 Å². The van der Waals surface area contributed by atoms with Gasteiger partial charge in [-0.3, -0.25) is 101 Å². The van der Waals surface area contributed by atoms with Crippen LogP contribution in [-0.2, 0) is 105 Å². The summed E-state index contributed by atoms with van der Waals surface area (Å²) in [7, 11) is 0. The molecule has 0 heterocycles. The Morgan fingerprint density at radius 2 is 0.589 bits per heavy atom. The molecule has 0 aliphatic carbocycles. The van der Waals surface area contributed by atoms with E-state index in [-0.39, 0.29) is 71.0 Å². The summed E-state index contributed by atoms with van der Waals surface area (Å²) < 4.78 is 0. The van der Waals surface area contributed by atoms with Gasteiger partial charge in [0.1, 0.15) is 96.7 Å². The van der Waals surface area contributed by atoms with Crippen molar-refractivity contribution in [2.75, 3.05) is 51.4 Å². The normalized spacial score (nSPS) is 14.9. The summed E-state index contributed by atoms with van der Waals surface area (Å²) in [5.74, 6) is -25.1. The highest BCUT2D eigenvalue weighted by atomic mass is 32.2. The van der Waals surface area contributed by atoms with E-state index in [1.54, 1.807) is 20.1 Å². The largest absolute Gasteiger partial charge is 0.481 e. The number of hydrogen-bond donors (Lipinski definition) is 28. The Morgan fingerprint density at radius 1 is 0.306 bits per heavy atom. The number of aliphatic hydroxyl groups is 2. The van der Waals surface area contributed by atoms with Crippen LogP contribution in [0.2, 0.25) is 0 Å². The zero-order valence-electron chi connectivity index (χ0n) is 70.4. The number of thioether (sulfide) groups is 1. The van der Waals surface area contributed by atoms with Crippen molar-refractivity contribution in [2.45, 2.75) is 267 Å². The number of nitrogens with two attached hydrogens (primary N) is 6. The standard InChI is InChI=1S/C73H126N22O28S/c1-35(2)30-49(93-72(121)51(34-97)95-61(110)39(6)84-65(114)44(17-21-52(78)98)90-70(119)48(25-29-124-7)89-62(111)40(77)33-96)71(120)92-47(20-24-56(103)104)67(116)83-38(5)60(109)88-46(19-23-55(101)102)66(115)82-36(3)58(107)86-41(14-8-11-26-74)63(112)80-32-54(100)85-42(15-9-12-27-75)64(113)81-37(4)59(108)87-43(16-10-13-28-76)68(117)91-45(18-22-53(79)99)69(118)94-50(73(122)123)31-57(105)106/h35-51,96-97H,8-34,74-77H2,1-7H3,(H2,78,98)(H2,79,99)(H,80,112)(H,81,113)(H,82,115)(H,83,116)(H,84,114)(H,85,100)(H,86,107)(H,87,108)(H,88,109)(H,89,111)(H,90,119)(H,91,117)(H,92,120)(H,93,121)(H,94,118)(H,95,110)(H,101,102)(H,103,104)(H,105,106)(H,122,123)/t36-,37-,38-,39-,40-,41-,42-,43-,44-,45-,46-,47-,48-,49-,50-,51-/m0/s1. The third kappa shape index (κ3) is 46.6. The second-order valence-corrected chi connectivity index (χ2v) is 30.4. The molecule has 0 fully saturated rings. The zero-order valence-corrected chi connectivity index (χ0v) is 71.3. The minimum absolute atomic E-state index is 0.0231. The smallest absolute Gasteiger partial charge is 0.326 e. The Morgan fingerprint density at radius 3 is 0.903 bits per heavy atom. The topological polar surface area (TPSA) is 846 Å². The molecule has 0 bridgehead atoms. The third-order valence-corrected chi connectivity index (χ3v) is 18.9. The lowest BCUT2D eigenvalue weighted by Gasteiger charge is -2.27. The Balaban J connectivity index is 6.55. The SMILES string of the molecule is CSCC[C@H](NC(=O)[C@@H](N)CO)C(=O)N[C@@H](CCC(N)=O)C(=O)N[C@@H](C)C(=O)N[C@@H](CO)C(=O)N[C@@H](CC(C)C)C(=O)N[C@@H](CCC(=O)O)C(=O)N[C@@H](C)C(=O)N[C@@H](CCC(=O)O)C(=O)N[C@@H](C)C(=O)N[C@@H](CCCCN)C(=O)NCC(=O)N[C@@H](CCCCN)C(=O)N[C@@H](C)C(=O)N[C@@H](CCCCN)C(=O)N[C@@H](CCC(N)=O)C(=O)N[C@@H](CC(=O)O)C(=O)O. The quantitative estimate of drug-likeness (QED) is 0.0251. The average Bonchev–Trinajstić information content (AvgIpc) is 0.870. The number of nitrogens with one attached hydrogen (secondary N) is 16. The van der Waals surface area contributed by atoms with E-state index < -0.39 is 310 Å². The number of carboxylic acid groups (broad SMARTS) is 4. The van der Waals surface area contributed by atoms with E-state index in [1.165, 1.54) is 18.7 Å². The number of aliphatic carboxylic acids is 4. The highest BCUT2D eigenvalue weighted by Gasteiger charge is 2.38. The van der Waals surface area contributed by atoms with Gasteiger partial charge >= 0.3 is 23.9 Å². The molecule has 0 aliphatic rings. The molecule has 50 nitrogen and oxygen atoms in total. The number of carbonyl (C=O) groups is 22. The van der Waals surface area contributed by atoms with E-state index in [2.05, 4.69) is 79.8 Å². The minimum Gasteiger partial charge on any atom is -0.481 e. The van der Waals surface area contributed by atoms with Crippen LogP contribution < -0.4 is 119 Å². The molecule has 0 aliphatic heterocycles. The second-order valence-electron chi connectivity index (χ2n) is 29.4. The Kier molecular flexibility index (Phi) is 55.2. The van der Waals surface area contributed by atoms with Gasteiger partial charge in [0.15, 0.2) is 0 Å². The van der Waals surface area contributed by atoms with Crippen molar-refractivity contribution >= 4 is 142 Å². The average molecular weight is 1790 g/mol. The summed E-state index contributed by atoms with van der Waals surface area (Å²) in [6.45, 7) is 5.51. The van der Waals surface area contributed by atoms with Gasteiger partial charge in [0, 0.05) is 25.7 Å². The summed E-state index contributed by atoms with van der Waals surface area (Å²) in [5.41, 5.74) is 33.2. The van der Waals surface area contributed by atoms with Crippen LogP contribution in [-0.4, -0.2) is 309 Å². The molecule has 124 heavy (non-hydrogen) atoms. The predicted octanol–water partition coefficient (Wildman–Crippen LogP) is -11.2. The molecule has 18 amide bonds. The van der Waals surface area contributed by atoms with E-state index in [0.717, 1.165) is 20.8 Å². The fraction of sp³-hybridized carbons (Fsp3) is 0.699. The predicted molar refractivity (Wildman–Crippen MR) is 438 cm³/mol. The third-order valence-electron chi connectivity index (χ3n) is 18.3. The summed E-state index contributed by atoms with van der Waals surface area (Å²) in [6, 6.07) is -25.6. The van der Waals surface area contributed by atoms with Crippen molar-refractivity contribution in [3.8, 4) is 0 Å². The minimum atomic E-state index is -1.96. The molecule has 0 aromatic heterocycles. The maximum atomic E-state index is 14.1. The molecule has 16 atom stereocenters. The lowest BCUT2D eigenvalue weighted by atomic mass is 10.0. The zero-order chi connectivity index (χ0) is 94.6. The van der Waals surface area contributed by atoms with Gasteiger partial charge in [0.05, 0.1) is 26.2 Å². The van der Waals surface area contributed by atoms with Crippen molar-refractivity contribution in [3.05, 3.63) is 0 Å². The van der Waals surface area contributed by atoms with Crippen LogP contribution in [0.4, 0.5) is 0 Å². The molecule has 0 aromatic rings. The van der Waals surface area contributed by atoms with E-state index >= 15 is 0 Å². The highest BCUT2D eigenvalue weighted by Crippen LogP contribution is 2.13. The molecule has 0 radical (unpaired) electrons. The van der Waals surface area contributed by atoms with Crippen LogP contribution in [0.5, 0.6) is 0 Å². The molecule has 702 valence electrons. The first kappa shape index (κ1) is 112. The van der Waals surface area contributed by atoms with Gasteiger partial charge in [-0.1, -0.05) is 13.8 Å². The maximum Gasteiger partial charge on any atom is 0.326 e. The number of rotatable bonds is 66. The molecule has 0 aromatic carbocycles. The van der Waals surface area contributed by atoms with E-state index in [1.807, 2.05) is 5.32 Å². The van der Waals surface area contributed by atoms with Gasteiger partial charge in [0.25, 0.3) is 0 Å². The highest BCUT2D eigenvalue weighted by molar-refractivity contribution is 7.98. The molecule has 34 N–H and O–H groups in total. The van der Waals surface area contributed by atoms with Gasteiger partial charge in [-0.05, 0) is 162 Å². The first-order valence-electron chi connectivity index (χ1n) is 40.0. The Labute approximate surface area is 718 Å². The number of carbonyl (C=O) groups excluding carboxylic acids is 18. The summed E-state index contributed by atoms with van der Waals surface area (Å²) in [6.07, 6.45) is -2.93. The van der Waals surface area contributed by atoms with Crippen LogP contribution in [0.25, 0.3) is 0 Å². The van der Waals surface area contributed by atoms with Gasteiger partial charge < -0.3 is 150 Å². The van der Waals surface area contributed by atoms with Crippen molar-refractivity contribution in [3.63, 3.8) is 0 Å². The molecule has 0 unspecified atom stereocenters. The van der Waals surface area contributed by atoms with Crippen LogP contribution in [0, 0.1) is 5.92 Å². The lowest BCUT2D eigenvalue weighted by molar-refractivity contribution is -0.147.